The van der Waals surface area contributed by atoms with Gasteiger partial charge in [-0.3, -0.25) is 0 Å². The first-order valence-electron chi connectivity index (χ1n) is 7.82. The van der Waals surface area contributed by atoms with E-state index in [9.17, 15) is 0 Å². The average molecular weight is 276 g/mol. The van der Waals surface area contributed by atoms with E-state index in [1.165, 1.54) is 24.1 Å². The predicted octanol–water partition coefficient (Wildman–Crippen LogP) is 4.22. The highest BCUT2D eigenvalue weighted by molar-refractivity contribution is 5.46. The number of hydrogen-bond acceptors (Lipinski definition) is 2. The average Bonchev–Trinajstić information content (AvgIpc) is 2.37. The number of nitrogens with two attached hydrogens (primary N) is 1. The molecule has 0 bridgehead atoms. The van der Waals surface area contributed by atoms with Gasteiger partial charge in [0.2, 0.25) is 0 Å². The molecule has 20 heavy (non-hydrogen) atoms. The maximum atomic E-state index is 5.75. The third kappa shape index (κ3) is 5.54. The zero-order chi connectivity index (χ0) is 15.2. The Morgan fingerprint density at radius 1 is 1.10 bits per heavy atom. The van der Waals surface area contributed by atoms with Crippen LogP contribution in [0.5, 0.6) is 0 Å². The van der Waals surface area contributed by atoms with E-state index >= 15 is 0 Å². The van der Waals surface area contributed by atoms with Crippen LogP contribution in [0.3, 0.4) is 0 Å². The molecule has 0 fully saturated rings. The van der Waals surface area contributed by atoms with Gasteiger partial charge in [-0.05, 0) is 56.2 Å². The van der Waals surface area contributed by atoms with Crippen LogP contribution in [0.4, 0.5) is 5.69 Å². The number of rotatable bonds is 7. The molecule has 0 radical (unpaired) electrons. The molecule has 0 aliphatic rings. The lowest BCUT2D eigenvalue weighted by Crippen LogP contribution is -2.25. The van der Waals surface area contributed by atoms with Crippen LogP contribution >= 0.6 is 0 Å². The largest absolute Gasteiger partial charge is 0.375 e. The molecular weight excluding hydrogens is 244 g/mol. The van der Waals surface area contributed by atoms with Crippen LogP contribution < -0.4 is 10.6 Å². The first kappa shape index (κ1) is 17.0. The monoisotopic (exact) mass is 276 g/mol. The summed E-state index contributed by atoms with van der Waals surface area (Å²) in [5, 5.41) is 0. The number of aryl methyl sites for hydroxylation is 1. The summed E-state index contributed by atoms with van der Waals surface area (Å²) in [5.74, 6) is 0.721. The van der Waals surface area contributed by atoms with Crippen molar-refractivity contribution >= 4 is 5.69 Å². The van der Waals surface area contributed by atoms with Gasteiger partial charge in [-0.25, -0.2) is 0 Å². The molecule has 0 heterocycles. The van der Waals surface area contributed by atoms with Gasteiger partial charge >= 0.3 is 0 Å². The van der Waals surface area contributed by atoms with E-state index in [2.05, 4.69) is 63.9 Å². The molecule has 0 amide bonds. The fraction of sp³-hybridized carbons (Fsp3) is 0.667. The van der Waals surface area contributed by atoms with Gasteiger partial charge in [-0.1, -0.05) is 38.5 Å². The molecule has 1 atom stereocenters. The molecule has 0 saturated heterocycles. The Balaban J connectivity index is 2.44. The Labute approximate surface area is 125 Å². The molecule has 0 aliphatic heterocycles. The summed E-state index contributed by atoms with van der Waals surface area (Å²) in [5.41, 5.74) is 8.74. The summed E-state index contributed by atoms with van der Waals surface area (Å²) in [7, 11) is 2.18. The molecule has 0 spiro atoms. The summed E-state index contributed by atoms with van der Waals surface area (Å²) in [6.45, 7) is 11.0. The molecule has 0 aliphatic carbocycles. The standard InChI is InChI=1S/C18H32N2/c1-15-8-10-17(11-9-15)20(5)14-6-7-16(12-13-19)18(2,3)4/h8-11,16H,6-7,12-14,19H2,1-5H3. The van der Waals surface area contributed by atoms with Crippen LogP contribution in [0.25, 0.3) is 0 Å². The number of anilines is 1. The quantitative estimate of drug-likeness (QED) is 0.808. The van der Waals surface area contributed by atoms with E-state index in [1.807, 2.05) is 0 Å². The number of benzene rings is 1. The molecule has 0 saturated carbocycles. The second kappa shape index (κ2) is 7.68. The second-order valence-electron chi connectivity index (χ2n) is 7.04. The summed E-state index contributed by atoms with van der Waals surface area (Å²) in [6, 6.07) is 8.77. The van der Waals surface area contributed by atoms with Crippen molar-refractivity contribution in [2.24, 2.45) is 17.1 Å². The Bertz CT molecular complexity index is 375. The van der Waals surface area contributed by atoms with Crippen molar-refractivity contribution in [3.05, 3.63) is 29.8 Å². The number of hydrogen-bond donors (Lipinski definition) is 1. The van der Waals surface area contributed by atoms with Crippen molar-refractivity contribution in [3.8, 4) is 0 Å². The van der Waals surface area contributed by atoms with Crippen LogP contribution in [-0.4, -0.2) is 20.1 Å². The van der Waals surface area contributed by atoms with Crippen LogP contribution in [0, 0.1) is 18.3 Å². The van der Waals surface area contributed by atoms with Gasteiger partial charge in [-0.2, -0.15) is 0 Å². The van der Waals surface area contributed by atoms with Gasteiger partial charge in [0, 0.05) is 19.3 Å². The molecule has 114 valence electrons. The lowest BCUT2D eigenvalue weighted by Gasteiger charge is -2.31. The van der Waals surface area contributed by atoms with E-state index in [0.29, 0.717) is 5.41 Å². The summed E-state index contributed by atoms with van der Waals surface area (Å²) in [6.07, 6.45) is 3.63. The minimum absolute atomic E-state index is 0.363. The Kier molecular flexibility index (Phi) is 6.54. The lowest BCUT2D eigenvalue weighted by molar-refractivity contribution is 0.211. The minimum Gasteiger partial charge on any atom is -0.375 e. The normalized spacial score (nSPS) is 13.3. The molecule has 2 heteroatoms. The smallest absolute Gasteiger partial charge is 0.0363 e. The minimum atomic E-state index is 0.363. The van der Waals surface area contributed by atoms with Crippen molar-refractivity contribution in [1.29, 1.82) is 0 Å². The van der Waals surface area contributed by atoms with Gasteiger partial charge < -0.3 is 10.6 Å². The molecule has 1 rings (SSSR count). The van der Waals surface area contributed by atoms with E-state index in [4.69, 9.17) is 5.73 Å². The molecule has 1 aromatic carbocycles. The van der Waals surface area contributed by atoms with Crippen LogP contribution in [0.2, 0.25) is 0 Å². The molecule has 2 N–H and O–H groups in total. The fourth-order valence-electron chi connectivity index (χ4n) is 2.71. The highest BCUT2D eigenvalue weighted by Gasteiger charge is 2.23. The SMILES string of the molecule is Cc1ccc(N(C)CCCC(CCN)C(C)(C)C)cc1. The van der Waals surface area contributed by atoms with Gasteiger partial charge in [-0.15, -0.1) is 0 Å². The molecule has 2 nitrogen and oxygen atoms in total. The predicted molar refractivity (Wildman–Crippen MR) is 90.3 cm³/mol. The van der Waals surface area contributed by atoms with Crippen molar-refractivity contribution in [2.45, 2.75) is 47.0 Å². The van der Waals surface area contributed by atoms with Gasteiger partial charge in [0.1, 0.15) is 0 Å². The second-order valence-corrected chi connectivity index (χ2v) is 7.04. The molecule has 1 unspecified atom stereocenters. The van der Waals surface area contributed by atoms with Crippen LogP contribution in [-0.2, 0) is 0 Å². The zero-order valence-corrected chi connectivity index (χ0v) is 13.9. The fourth-order valence-corrected chi connectivity index (χ4v) is 2.71. The zero-order valence-electron chi connectivity index (χ0n) is 13.9. The van der Waals surface area contributed by atoms with Crippen molar-refractivity contribution in [1.82, 2.24) is 0 Å². The van der Waals surface area contributed by atoms with Crippen molar-refractivity contribution in [3.63, 3.8) is 0 Å². The Morgan fingerprint density at radius 2 is 1.70 bits per heavy atom. The van der Waals surface area contributed by atoms with Gasteiger partial charge in [0.15, 0.2) is 0 Å². The lowest BCUT2D eigenvalue weighted by atomic mass is 9.76. The molecular formula is C18H32N2. The van der Waals surface area contributed by atoms with Crippen LogP contribution in [0.15, 0.2) is 24.3 Å². The third-order valence-corrected chi connectivity index (χ3v) is 4.26. The first-order chi connectivity index (χ1) is 9.34. The maximum Gasteiger partial charge on any atom is 0.0363 e. The van der Waals surface area contributed by atoms with E-state index in [-0.39, 0.29) is 0 Å². The number of nitrogens with zero attached hydrogens (tertiary/aromatic N) is 1. The summed E-state index contributed by atoms with van der Waals surface area (Å²) < 4.78 is 0. The summed E-state index contributed by atoms with van der Waals surface area (Å²) >= 11 is 0. The van der Waals surface area contributed by atoms with Crippen LogP contribution in [0.1, 0.15) is 45.6 Å². The van der Waals surface area contributed by atoms with Gasteiger partial charge in [0.25, 0.3) is 0 Å². The van der Waals surface area contributed by atoms with E-state index < -0.39 is 0 Å². The van der Waals surface area contributed by atoms with Crippen molar-refractivity contribution in [2.75, 3.05) is 25.0 Å². The Morgan fingerprint density at radius 3 is 2.20 bits per heavy atom. The maximum absolute atomic E-state index is 5.75. The topological polar surface area (TPSA) is 29.3 Å². The molecule has 1 aromatic rings. The van der Waals surface area contributed by atoms with Crippen molar-refractivity contribution < 1.29 is 0 Å². The summed E-state index contributed by atoms with van der Waals surface area (Å²) in [4.78, 5) is 2.35. The highest BCUT2D eigenvalue weighted by atomic mass is 15.1. The highest BCUT2D eigenvalue weighted by Crippen LogP contribution is 2.32. The van der Waals surface area contributed by atoms with E-state index in [1.54, 1.807) is 0 Å². The third-order valence-electron chi connectivity index (χ3n) is 4.26. The molecule has 0 aromatic heterocycles. The first-order valence-corrected chi connectivity index (χ1v) is 7.82. The van der Waals surface area contributed by atoms with Gasteiger partial charge in [0.05, 0.1) is 0 Å². The Hall–Kier alpha value is -1.02. The van der Waals surface area contributed by atoms with E-state index in [0.717, 1.165) is 25.4 Å².